The van der Waals surface area contributed by atoms with E-state index in [1.54, 1.807) is 43.3 Å². The molecule has 0 heterocycles. The number of nitrogens with one attached hydrogen (secondary N) is 1. The van der Waals surface area contributed by atoms with Gasteiger partial charge >= 0.3 is 0 Å². The summed E-state index contributed by atoms with van der Waals surface area (Å²) in [4.78, 5) is 27.8. The maximum Gasteiger partial charge on any atom is 0.264 e. The molecular weight excluding hydrogens is 577 g/mol. The number of aryl methyl sites for hydroxylation is 1. The van der Waals surface area contributed by atoms with Crippen LogP contribution in [0.2, 0.25) is 10.0 Å². The number of sulfonamides is 1. The number of likely N-dealkylation sites (N-methyl/N-ethyl adjacent to an activating group) is 1. The Labute approximate surface area is 244 Å². The summed E-state index contributed by atoms with van der Waals surface area (Å²) in [6.45, 7) is 2.78. The van der Waals surface area contributed by atoms with Crippen LogP contribution in [0.25, 0.3) is 0 Å². The van der Waals surface area contributed by atoms with Crippen molar-refractivity contribution in [2.75, 3.05) is 32.1 Å². The number of hydrogen-bond donors (Lipinski definition) is 1. The number of carbonyl (C=O) groups excluding carboxylic acids is 2. The van der Waals surface area contributed by atoms with Gasteiger partial charge in [-0.2, -0.15) is 0 Å². The van der Waals surface area contributed by atoms with Crippen LogP contribution in [0.5, 0.6) is 11.5 Å². The molecule has 3 rings (SSSR count). The quantitative estimate of drug-likeness (QED) is 0.339. The van der Waals surface area contributed by atoms with Gasteiger partial charge in [0.2, 0.25) is 11.8 Å². The van der Waals surface area contributed by atoms with Crippen LogP contribution in [0.15, 0.2) is 65.6 Å². The number of ether oxygens (including phenoxy) is 2. The van der Waals surface area contributed by atoms with E-state index in [2.05, 4.69) is 5.32 Å². The summed E-state index contributed by atoms with van der Waals surface area (Å²) in [5.41, 5.74) is 1.66. The molecule has 0 aliphatic carbocycles. The number of benzene rings is 3. The first kappa shape index (κ1) is 31.1. The van der Waals surface area contributed by atoms with Gasteiger partial charge in [0.25, 0.3) is 10.0 Å². The summed E-state index contributed by atoms with van der Waals surface area (Å²) < 4.78 is 39.5. The number of hydrogen-bond acceptors (Lipinski definition) is 6. The van der Waals surface area contributed by atoms with Gasteiger partial charge in [-0.25, -0.2) is 8.42 Å². The second-order valence-electron chi connectivity index (χ2n) is 8.92. The number of nitrogens with zero attached hydrogens (tertiary/aromatic N) is 2. The predicted octanol–water partition coefficient (Wildman–Crippen LogP) is 4.68. The summed E-state index contributed by atoms with van der Waals surface area (Å²) in [5.74, 6) is -0.372. The average molecular weight is 609 g/mol. The maximum absolute atomic E-state index is 13.9. The normalized spacial score (nSPS) is 11.9. The third-order valence-electron chi connectivity index (χ3n) is 6.29. The van der Waals surface area contributed by atoms with E-state index >= 15 is 0 Å². The fraction of sp³-hybridized carbons (Fsp3) is 0.286. The zero-order chi connectivity index (χ0) is 29.6. The van der Waals surface area contributed by atoms with Crippen LogP contribution in [-0.2, 0) is 26.2 Å². The minimum atomic E-state index is -4.23. The minimum Gasteiger partial charge on any atom is -0.493 e. The molecule has 0 aromatic heterocycles. The average Bonchev–Trinajstić information content (AvgIpc) is 2.95. The molecule has 3 aromatic rings. The lowest BCUT2D eigenvalue weighted by molar-refractivity contribution is -0.139. The van der Waals surface area contributed by atoms with Crippen molar-refractivity contribution in [1.29, 1.82) is 0 Å². The Morgan fingerprint density at radius 1 is 0.925 bits per heavy atom. The van der Waals surface area contributed by atoms with Crippen LogP contribution in [0.4, 0.5) is 5.69 Å². The first-order chi connectivity index (χ1) is 18.9. The minimum absolute atomic E-state index is 0.00364. The molecule has 214 valence electrons. The van der Waals surface area contributed by atoms with Gasteiger partial charge in [0.1, 0.15) is 12.6 Å². The van der Waals surface area contributed by atoms with Gasteiger partial charge in [-0.05, 0) is 55.8 Å². The van der Waals surface area contributed by atoms with Crippen molar-refractivity contribution in [3.8, 4) is 11.5 Å². The molecule has 12 heteroatoms. The standard InChI is InChI=1S/C28H31Cl2N3O6S/c1-18-6-10-22(11-7-18)40(36,37)33(21-9-13-25(38-4)26(15-21)39-5)17-27(34)32(19(2)28(35)31-3)16-20-8-12-23(29)24(30)14-20/h6-15,19H,16-17H2,1-5H3,(H,31,35)/t19-/m0/s1. The molecule has 0 aliphatic rings. The highest BCUT2D eigenvalue weighted by molar-refractivity contribution is 7.92. The molecular formula is C28H31Cl2N3O6S. The van der Waals surface area contributed by atoms with Crippen molar-refractivity contribution in [2.24, 2.45) is 0 Å². The topological polar surface area (TPSA) is 105 Å². The van der Waals surface area contributed by atoms with Crippen molar-refractivity contribution in [3.05, 3.63) is 81.8 Å². The van der Waals surface area contributed by atoms with Crippen molar-refractivity contribution in [3.63, 3.8) is 0 Å². The van der Waals surface area contributed by atoms with Gasteiger partial charge in [-0.15, -0.1) is 0 Å². The lowest BCUT2D eigenvalue weighted by atomic mass is 10.1. The van der Waals surface area contributed by atoms with Crippen molar-refractivity contribution >= 4 is 50.7 Å². The number of amides is 2. The summed E-state index contributed by atoms with van der Waals surface area (Å²) in [7, 11) is 0.114. The van der Waals surface area contributed by atoms with E-state index in [4.69, 9.17) is 32.7 Å². The van der Waals surface area contributed by atoms with Gasteiger partial charge in [-0.3, -0.25) is 13.9 Å². The highest BCUT2D eigenvalue weighted by atomic mass is 35.5. The zero-order valence-corrected chi connectivity index (χ0v) is 25.1. The van der Waals surface area contributed by atoms with Gasteiger partial charge in [0, 0.05) is 19.7 Å². The van der Waals surface area contributed by atoms with Crippen molar-refractivity contribution in [2.45, 2.75) is 31.3 Å². The third-order valence-corrected chi connectivity index (χ3v) is 8.82. The zero-order valence-electron chi connectivity index (χ0n) is 22.8. The monoisotopic (exact) mass is 607 g/mol. The van der Waals surface area contributed by atoms with E-state index in [1.807, 2.05) is 6.92 Å². The number of anilines is 1. The van der Waals surface area contributed by atoms with Crippen LogP contribution < -0.4 is 19.1 Å². The van der Waals surface area contributed by atoms with Crippen molar-refractivity contribution in [1.82, 2.24) is 10.2 Å². The fourth-order valence-corrected chi connectivity index (χ4v) is 5.70. The Morgan fingerprint density at radius 3 is 2.15 bits per heavy atom. The van der Waals surface area contributed by atoms with E-state index in [0.717, 1.165) is 9.87 Å². The van der Waals surface area contributed by atoms with E-state index in [9.17, 15) is 18.0 Å². The van der Waals surface area contributed by atoms with Crippen LogP contribution in [0.1, 0.15) is 18.1 Å². The smallest absolute Gasteiger partial charge is 0.264 e. The highest BCUT2D eigenvalue weighted by Crippen LogP contribution is 2.34. The number of halogens is 2. The lowest BCUT2D eigenvalue weighted by Crippen LogP contribution is -2.50. The number of methoxy groups -OCH3 is 2. The van der Waals surface area contributed by atoms with E-state index in [0.29, 0.717) is 16.3 Å². The Kier molecular flexibility index (Phi) is 10.3. The number of rotatable bonds is 11. The lowest BCUT2D eigenvalue weighted by Gasteiger charge is -2.32. The van der Waals surface area contributed by atoms with Crippen LogP contribution in [0.3, 0.4) is 0 Å². The molecule has 9 nitrogen and oxygen atoms in total. The molecule has 0 spiro atoms. The van der Waals surface area contributed by atoms with Crippen LogP contribution in [0, 0.1) is 6.92 Å². The van der Waals surface area contributed by atoms with Gasteiger partial charge in [-0.1, -0.05) is 47.0 Å². The summed E-state index contributed by atoms with van der Waals surface area (Å²) in [6.07, 6.45) is 0. The molecule has 1 N–H and O–H groups in total. The fourth-order valence-electron chi connectivity index (χ4n) is 3.97. The number of carbonyl (C=O) groups is 2. The molecule has 2 amide bonds. The second kappa shape index (κ2) is 13.3. The summed E-state index contributed by atoms with van der Waals surface area (Å²) >= 11 is 12.2. The van der Waals surface area contributed by atoms with E-state index in [-0.39, 0.29) is 27.9 Å². The SMILES string of the molecule is CNC(=O)[C@H](C)N(Cc1ccc(Cl)c(Cl)c1)C(=O)CN(c1ccc(OC)c(OC)c1)S(=O)(=O)c1ccc(C)cc1. The Balaban J connectivity index is 2.10. The third kappa shape index (κ3) is 6.99. The Bertz CT molecular complexity index is 1480. The summed E-state index contributed by atoms with van der Waals surface area (Å²) in [6, 6.07) is 14.8. The van der Waals surface area contributed by atoms with Crippen LogP contribution >= 0.6 is 23.2 Å². The molecule has 3 aromatic carbocycles. The Hall–Kier alpha value is -3.47. The molecule has 1 atom stereocenters. The molecule has 40 heavy (non-hydrogen) atoms. The molecule has 0 bridgehead atoms. The molecule has 0 saturated carbocycles. The van der Waals surface area contributed by atoms with E-state index in [1.165, 1.54) is 50.4 Å². The second-order valence-corrected chi connectivity index (χ2v) is 11.6. The van der Waals surface area contributed by atoms with E-state index < -0.39 is 34.4 Å². The molecule has 0 fully saturated rings. The van der Waals surface area contributed by atoms with Crippen molar-refractivity contribution < 1.29 is 27.5 Å². The largest absolute Gasteiger partial charge is 0.493 e. The molecule has 0 saturated heterocycles. The molecule has 0 unspecified atom stereocenters. The van der Waals surface area contributed by atoms with Gasteiger partial charge in [0.05, 0.1) is 34.8 Å². The maximum atomic E-state index is 13.9. The first-order valence-corrected chi connectivity index (χ1v) is 14.4. The Morgan fingerprint density at radius 2 is 1.57 bits per heavy atom. The molecule has 0 aliphatic heterocycles. The van der Waals surface area contributed by atoms with Gasteiger partial charge in [0.15, 0.2) is 11.5 Å². The van der Waals surface area contributed by atoms with Crippen LogP contribution in [-0.4, -0.2) is 59.0 Å². The van der Waals surface area contributed by atoms with Gasteiger partial charge < -0.3 is 19.7 Å². The predicted molar refractivity (Wildman–Crippen MR) is 156 cm³/mol. The first-order valence-electron chi connectivity index (χ1n) is 12.2. The highest BCUT2D eigenvalue weighted by Gasteiger charge is 2.33. The molecule has 0 radical (unpaired) electrons. The summed E-state index contributed by atoms with van der Waals surface area (Å²) in [5, 5.41) is 3.16.